The molecular formula is C18H27F2N3O3S. The summed E-state index contributed by atoms with van der Waals surface area (Å²) in [6.45, 7) is 4.87. The van der Waals surface area contributed by atoms with Crippen molar-refractivity contribution in [3.8, 4) is 0 Å². The van der Waals surface area contributed by atoms with Gasteiger partial charge in [-0.3, -0.25) is 9.10 Å². The van der Waals surface area contributed by atoms with Crippen LogP contribution in [0.1, 0.15) is 32.6 Å². The van der Waals surface area contributed by atoms with E-state index in [1.165, 1.54) is 26.2 Å². The summed E-state index contributed by atoms with van der Waals surface area (Å²) in [5, 5.41) is 2.73. The average Bonchev–Trinajstić information content (AvgIpc) is 2.61. The molecule has 0 aliphatic carbocycles. The van der Waals surface area contributed by atoms with Crippen molar-refractivity contribution in [2.75, 3.05) is 36.7 Å². The summed E-state index contributed by atoms with van der Waals surface area (Å²) in [5.74, 6) is -2.74. The molecule has 1 atom stereocenters. The van der Waals surface area contributed by atoms with Gasteiger partial charge in [0.05, 0.1) is 11.9 Å². The van der Waals surface area contributed by atoms with Crippen molar-refractivity contribution < 1.29 is 22.0 Å². The second kappa shape index (κ2) is 9.45. The van der Waals surface area contributed by atoms with Crippen LogP contribution in [0.5, 0.6) is 0 Å². The van der Waals surface area contributed by atoms with Crippen LogP contribution in [0, 0.1) is 11.6 Å². The van der Waals surface area contributed by atoms with Crippen LogP contribution in [0.15, 0.2) is 18.2 Å². The molecule has 1 aromatic carbocycles. The Labute approximate surface area is 159 Å². The number of likely N-dealkylation sites (tertiary alicyclic amines) is 1. The molecule has 0 unspecified atom stereocenters. The molecule has 6 nitrogen and oxygen atoms in total. The number of sulfonamides is 1. The molecule has 1 amide bonds. The Morgan fingerprint density at radius 3 is 2.48 bits per heavy atom. The van der Waals surface area contributed by atoms with Gasteiger partial charge < -0.3 is 10.2 Å². The Morgan fingerprint density at radius 2 is 1.89 bits per heavy atom. The van der Waals surface area contributed by atoms with Crippen LogP contribution in [-0.4, -0.2) is 57.7 Å². The lowest BCUT2D eigenvalue weighted by molar-refractivity contribution is -0.121. The van der Waals surface area contributed by atoms with Gasteiger partial charge in [-0.25, -0.2) is 17.2 Å². The summed E-state index contributed by atoms with van der Waals surface area (Å²) in [5.41, 5.74) is -0.0904. The van der Waals surface area contributed by atoms with Crippen molar-refractivity contribution in [3.05, 3.63) is 29.8 Å². The molecule has 1 saturated heterocycles. The molecule has 1 aromatic rings. The molecule has 27 heavy (non-hydrogen) atoms. The highest BCUT2D eigenvalue weighted by Gasteiger charge is 2.29. The van der Waals surface area contributed by atoms with E-state index in [1.807, 2.05) is 0 Å². The summed E-state index contributed by atoms with van der Waals surface area (Å²) in [4.78, 5) is 14.8. The van der Waals surface area contributed by atoms with Gasteiger partial charge in [0.1, 0.15) is 6.04 Å². The molecule has 1 aliphatic rings. The maximum Gasteiger partial charge on any atom is 0.243 e. The van der Waals surface area contributed by atoms with E-state index >= 15 is 0 Å². The number of rotatable bonds is 8. The smallest absolute Gasteiger partial charge is 0.243 e. The normalized spacial score (nSPS) is 16.7. The van der Waals surface area contributed by atoms with Crippen LogP contribution in [0.3, 0.4) is 0 Å². The highest BCUT2D eigenvalue weighted by molar-refractivity contribution is 7.92. The average molecular weight is 403 g/mol. The lowest BCUT2D eigenvalue weighted by atomic mass is 10.1. The zero-order chi connectivity index (χ0) is 20.0. The quantitative estimate of drug-likeness (QED) is 0.675. The van der Waals surface area contributed by atoms with Gasteiger partial charge >= 0.3 is 0 Å². The van der Waals surface area contributed by atoms with E-state index in [-0.39, 0.29) is 5.69 Å². The predicted octanol–water partition coefficient (Wildman–Crippen LogP) is 2.11. The standard InChI is InChI=1S/C18H27F2N3O3S/c1-14(18(24)21-9-6-12-22-10-4-3-5-11-22)23(27(2,25)26)15-7-8-16(19)17(20)13-15/h7-8,13-14H,3-6,9-12H2,1-2H3,(H,21,24)/t14-/m0/s1. The van der Waals surface area contributed by atoms with Crippen LogP contribution in [0.4, 0.5) is 14.5 Å². The molecule has 0 saturated carbocycles. The zero-order valence-corrected chi connectivity index (χ0v) is 16.6. The van der Waals surface area contributed by atoms with Crippen molar-refractivity contribution in [2.24, 2.45) is 0 Å². The highest BCUT2D eigenvalue weighted by Crippen LogP contribution is 2.23. The minimum atomic E-state index is -3.86. The molecular weight excluding hydrogens is 376 g/mol. The van der Waals surface area contributed by atoms with Gasteiger partial charge in [-0.1, -0.05) is 6.42 Å². The predicted molar refractivity (Wildman–Crippen MR) is 101 cm³/mol. The van der Waals surface area contributed by atoms with E-state index in [4.69, 9.17) is 0 Å². The molecule has 1 aliphatic heterocycles. The Kier molecular flexibility index (Phi) is 7.55. The molecule has 0 radical (unpaired) electrons. The molecule has 1 heterocycles. The number of benzene rings is 1. The minimum absolute atomic E-state index is 0.0904. The van der Waals surface area contributed by atoms with Crippen LogP contribution in [0.25, 0.3) is 0 Å². The van der Waals surface area contributed by atoms with Crippen LogP contribution in [0.2, 0.25) is 0 Å². The van der Waals surface area contributed by atoms with Crippen molar-refractivity contribution in [1.82, 2.24) is 10.2 Å². The second-order valence-electron chi connectivity index (χ2n) is 6.88. The number of carbonyl (C=O) groups excluding carboxylic acids is 1. The fourth-order valence-corrected chi connectivity index (χ4v) is 4.44. The first-order chi connectivity index (χ1) is 12.7. The van der Waals surface area contributed by atoms with Crippen LogP contribution < -0.4 is 9.62 Å². The van der Waals surface area contributed by atoms with Crippen molar-refractivity contribution >= 4 is 21.6 Å². The monoisotopic (exact) mass is 403 g/mol. The van der Waals surface area contributed by atoms with Gasteiger partial charge in [0, 0.05) is 12.6 Å². The number of nitrogens with zero attached hydrogens (tertiary/aromatic N) is 2. The Balaban J connectivity index is 1.96. The number of anilines is 1. The first-order valence-electron chi connectivity index (χ1n) is 9.14. The van der Waals surface area contributed by atoms with Gasteiger partial charge in [-0.15, -0.1) is 0 Å². The molecule has 1 fully saturated rings. The van der Waals surface area contributed by atoms with E-state index in [1.54, 1.807) is 0 Å². The van der Waals surface area contributed by atoms with Gasteiger partial charge in [0.15, 0.2) is 11.6 Å². The fourth-order valence-electron chi connectivity index (χ4n) is 3.28. The van der Waals surface area contributed by atoms with Crippen molar-refractivity contribution in [3.63, 3.8) is 0 Å². The summed E-state index contributed by atoms with van der Waals surface area (Å²) < 4.78 is 51.7. The third-order valence-corrected chi connectivity index (χ3v) is 5.89. The summed E-state index contributed by atoms with van der Waals surface area (Å²) in [6, 6.07) is 1.67. The molecule has 152 valence electrons. The Bertz CT molecular complexity index is 752. The number of carbonyl (C=O) groups is 1. The third-order valence-electron chi connectivity index (χ3n) is 4.65. The van der Waals surface area contributed by atoms with Gasteiger partial charge in [-0.05, 0) is 58.0 Å². The maximum absolute atomic E-state index is 13.5. The number of hydrogen-bond donors (Lipinski definition) is 1. The van der Waals surface area contributed by atoms with Gasteiger partial charge in [0.25, 0.3) is 0 Å². The van der Waals surface area contributed by atoms with E-state index < -0.39 is 33.6 Å². The topological polar surface area (TPSA) is 69.7 Å². The highest BCUT2D eigenvalue weighted by atomic mass is 32.2. The molecule has 2 rings (SSSR count). The van der Waals surface area contributed by atoms with Crippen LogP contribution in [-0.2, 0) is 14.8 Å². The SMILES string of the molecule is C[C@@H](C(=O)NCCCN1CCCCC1)N(c1ccc(F)c(F)c1)S(C)(=O)=O. The van der Waals surface area contributed by atoms with Crippen molar-refractivity contribution in [2.45, 2.75) is 38.6 Å². The van der Waals surface area contributed by atoms with E-state index in [0.29, 0.717) is 6.54 Å². The molecule has 0 aromatic heterocycles. The van der Waals surface area contributed by atoms with Crippen molar-refractivity contribution in [1.29, 1.82) is 0 Å². The lowest BCUT2D eigenvalue weighted by Crippen LogP contribution is -2.48. The summed E-state index contributed by atoms with van der Waals surface area (Å²) >= 11 is 0. The third kappa shape index (κ3) is 6.14. The number of piperidine rings is 1. The maximum atomic E-state index is 13.5. The van der Waals surface area contributed by atoms with Gasteiger partial charge in [-0.2, -0.15) is 0 Å². The van der Waals surface area contributed by atoms with E-state index in [2.05, 4.69) is 10.2 Å². The molecule has 0 bridgehead atoms. The van der Waals surface area contributed by atoms with E-state index in [9.17, 15) is 22.0 Å². The zero-order valence-electron chi connectivity index (χ0n) is 15.7. The Morgan fingerprint density at radius 1 is 1.22 bits per heavy atom. The lowest BCUT2D eigenvalue weighted by Gasteiger charge is -2.29. The largest absolute Gasteiger partial charge is 0.354 e. The number of nitrogens with one attached hydrogen (secondary N) is 1. The molecule has 1 N–H and O–H groups in total. The Hall–Kier alpha value is -1.74. The first kappa shape index (κ1) is 21.6. The summed E-state index contributed by atoms with van der Waals surface area (Å²) in [7, 11) is -3.86. The number of halogens is 2. The summed E-state index contributed by atoms with van der Waals surface area (Å²) in [6.07, 6.45) is 5.34. The number of hydrogen-bond acceptors (Lipinski definition) is 4. The molecule has 0 spiro atoms. The minimum Gasteiger partial charge on any atom is -0.354 e. The second-order valence-corrected chi connectivity index (χ2v) is 8.74. The first-order valence-corrected chi connectivity index (χ1v) is 11.0. The number of amides is 1. The fraction of sp³-hybridized carbons (Fsp3) is 0.611. The van der Waals surface area contributed by atoms with Crippen LogP contribution >= 0.6 is 0 Å². The van der Waals surface area contributed by atoms with Gasteiger partial charge in [0.2, 0.25) is 15.9 Å². The van der Waals surface area contributed by atoms with E-state index in [0.717, 1.165) is 54.8 Å². The molecule has 9 heteroatoms.